The second kappa shape index (κ2) is 6.86. The summed E-state index contributed by atoms with van der Waals surface area (Å²) in [6.45, 7) is 5.60. The van der Waals surface area contributed by atoms with Gasteiger partial charge >= 0.3 is 0 Å². The third-order valence-electron chi connectivity index (χ3n) is 4.00. The van der Waals surface area contributed by atoms with Crippen LogP contribution >= 0.6 is 0 Å². The summed E-state index contributed by atoms with van der Waals surface area (Å²) >= 11 is 0. The quantitative estimate of drug-likeness (QED) is 0.865. The Morgan fingerprint density at radius 2 is 2.33 bits per heavy atom. The predicted molar refractivity (Wildman–Crippen MR) is 75.6 cm³/mol. The van der Waals surface area contributed by atoms with Gasteiger partial charge in [0.2, 0.25) is 0 Å². The average Bonchev–Trinajstić information content (AvgIpc) is 2.40. The molecule has 0 radical (unpaired) electrons. The Morgan fingerprint density at radius 3 is 3.11 bits per heavy atom. The molecule has 0 spiro atoms. The molecular weight excluding hydrogens is 222 g/mol. The van der Waals surface area contributed by atoms with Gasteiger partial charge in [0.1, 0.15) is 0 Å². The molecule has 2 rings (SSSR count). The second-order valence-corrected chi connectivity index (χ2v) is 5.31. The number of aromatic nitrogens is 1. The van der Waals surface area contributed by atoms with E-state index in [0.717, 1.165) is 19.1 Å². The van der Waals surface area contributed by atoms with Crippen molar-refractivity contribution in [2.45, 2.75) is 45.2 Å². The van der Waals surface area contributed by atoms with E-state index >= 15 is 0 Å². The van der Waals surface area contributed by atoms with Gasteiger partial charge in [0.05, 0.1) is 0 Å². The van der Waals surface area contributed by atoms with E-state index in [1.54, 1.807) is 0 Å². The highest BCUT2D eigenvalue weighted by Crippen LogP contribution is 2.22. The van der Waals surface area contributed by atoms with Crippen LogP contribution in [0.3, 0.4) is 0 Å². The van der Waals surface area contributed by atoms with Gasteiger partial charge in [-0.25, -0.2) is 0 Å². The van der Waals surface area contributed by atoms with Crippen molar-refractivity contribution in [3.05, 3.63) is 29.6 Å². The predicted octanol–water partition coefficient (Wildman–Crippen LogP) is 2.35. The fourth-order valence-corrected chi connectivity index (χ4v) is 2.79. The van der Waals surface area contributed by atoms with E-state index in [2.05, 4.69) is 28.2 Å². The standard InChI is InChI=1S/C15H25N3/c1-13-6-9-17-11-14(13)12-18-10-4-3-5-15(18)7-8-16-2/h6,9,11,15-16H,3-5,7-8,10,12H2,1-2H3. The number of piperidine rings is 1. The SMILES string of the molecule is CNCCC1CCCCN1Cc1cnccc1C. The van der Waals surface area contributed by atoms with Gasteiger partial charge in [0.15, 0.2) is 0 Å². The maximum absolute atomic E-state index is 4.26. The zero-order valence-corrected chi connectivity index (χ0v) is 11.7. The number of hydrogen-bond donors (Lipinski definition) is 1. The lowest BCUT2D eigenvalue weighted by atomic mass is 9.98. The van der Waals surface area contributed by atoms with E-state index in [0.29, 0.717) is 0 Å². The maximum atomic E-state index is 4.26. The molecular formula is C15H25N3. The lowest BCUT2D eigenvalue weighted by molar-refractivity contribution is 0.132. The molecule has 0 bridgehead atoms. The molecule has 1 unspecified atom stereocenters. The van der Waals surface area contributed by atoms with Crippen LogP contribution in [0.25, 0.3) is 0 Å². The largest absolute Gasteiger partial charge is 0.320 e. The Morgan fingerprint density at radius 1 is 1.44 bits per heavy atom. The van der Waals surface area contributed by atoms with E-state index in [4.69, 9.17) is 0 Å². The summed E-state index contributed by atoms with van der Waals surface area (Å²) in [6.07, 6.45) is 9.25. The first-order chi connectivity index (χ1) is 8.81. The molecule has 1 atom stereocenters. The zero-order chi connectivity index (χ0) is 12.8. The third kappa shape index (κ3) is 3.53. The maximum Gasteiger partial charge on any atom is 0.0315 e. The molecule has 0 saturated carbocycles. The lowest BCUT2D eigenvalue weighted by Crippen LogP contribution is -2.40. The van der Waals surface area contributed by atoms with Crippen molar-refractivity contribution >= 4 is 0 Å². The third-order valence-corrected chi connectivity index (χ3v) is 4.00. The summed E-state index contributed by atoms with van der Waals surface area (Å²) in [5.74, 6) is 0. The van der Waals surface area contributed by atoms with Crippen LogP contribution in [-0.2, 0) is 6.54 Å². The fraction of sp³-hybridized carbons (Fsp3) is 0.667. The van der Waals surface area contributed by atoms with Gasteiger partial charge in [0, 0.05) is 25.0 Å². The number of likely N-dealkylation sites (tertiary alicyclic amines) is 1. The van der Waals surface area contributed by atoms with Gasteiger partial charge < -0.3 is 5.32 Å². The number of aryl methyl sites for hydroxylation is 1. The van der Waals surface area contributed by atoms with Gasteiger partial charge in [-0.3, -0.25) is 9.88 Å². The van der Waals surface area contributed by atoms with E-state index in [9.17, 15) is 0 Å². The van der Waals surface area contributed by atoms with E-state index in [-0.39, 0.29) is 0 Å². The van der Waals surface area contributed by atoms with Gasteiger partial charge in [-0.05, 0) is 63.5 Å². The Kier molecular flexibility index (Phi) is 5.14. The number of rotatable bonds is 5. The van der Waals surface area contributed by atoms with Crippen LogP contribution in [-0.4, -0.2) is 36.1 Å². The van der Waals surface area contributed by atoms with Gasteiger partial charge in [0.25, 0.3) is 0 Å². The highest BCUT2D eigenvalue weighted by molar-refractivity contribution is 5.21. The minimum atomic E-state index is 0.741. The summed E-state index contributed by atoms with van der Waals surface area (Å²) in [5.41, 5.74) is 2.75. The highest BCUT2D eigenvalue weighted by Gasteiger charge is 2.22. The van der Waals surface area contributed by atoms with Crippen molar-refractivity contribution < 1.29 is 0 Å². The van der Waals surface area contributed by atoms with Crippen LogP contribution < -0.4 is 5.32 Å². The molecule has 1 fully saturated rings. The highest BCUT2D eigenvalue weighted by atomic mass is 15.2. The Hall–Kier alpha value is -0.930. The minimum Gasteiger partial charge on any atom is -0.320 e. The molecule has 0 amide bonds. The molecule has 100 valence electrons. The van der Waals surface area contributed by atoms with Crippen LogP contribution in [0.15, 0.2) is 18.5 Å². The molecule has 1 aliphatic heterocycles. The molecule has 3 nitrogen and oxygen atoms in total. The van der Waals surface area contributed by atoms with Crippen LogP contribution in [0.2, 0.25) is 0 Å². The van der Waals surface area contributed by atoms with Crippen molar-refractivity contribution in [2.75, 3.05) is 20.1 Å². The first kappa shape index (κ1) is 13.5. The average molecular weight is 247 g/mol. The van der Waals surface area contributed by atoms with Crippen molar-refractivity contribution in [3.63, 3.8) is 0 Å². The number of hydrogen-bond acceptors (Lipinski definition) is 3. The van der Waals surface area contributed by atoms with E-state index in [1.807, 2.05) is 19.4 Å². The van der Waals surface area contributed by atoms with Crippen molar-refractivity contribution in [3.8, 4) is 0 Å². The van der Waals surface area contributed by atoms with Crippen LogP contribution in [0.1, 0.15) is 36.8 Å². The molecule has 1 saturated heterocycles. The second-order valence-electron chi connectivity index (χ2n) is 5.31. The Labute approximate surface area is 111 Å². The normalized spacial score (nSPS) is 21.1. The smallest absolute Gasteiger partial charge is 0.0315 e. The number of nitrogens with zero attached hydrogens (tertiary/aromatic N) is 2. The Balaban J connectivity index is 1.98. The zero-order valence-electron chi connectivity index (χ0n) is 11.7. The molecule has 3 heteroatoms. The first-order valence-corrected chi connectivity index (χ1v) is 7.09. The molecule has 1 aliphatic rings. The van der Waals surface area contributed by atoms with Crippen molar-refractivity contribution in [1.82, 2.24) is 15.2 Å². The fourth-order valence-electron chi connectivity index (χ4n) is 2.79. The van der Waals surface area contributed by atoms with Crippen LogP contribution in [0.5, 0.6) is 0 Å². The lowest BCUT2D eigenvalue weighted by Gasteiger charge is -2.36. The molecule has 1 N–H and O–H groups in total. The van der Waals surface area contributed by atoms with Crippen LogP contribution in [0, 0.1) is 6.92 Å². The van der Waals surface area contributed by atoms with E-state index in [1.165, 1.54) is 43.4 Å². The van der Waals surface area contributed by atoms with Crippen molar-refractivity contribution in [1.29, 1.82) is 0 Å². The van der Waals surface area contributed by atoms with Gasteiger partial charge in [-0.1, -0.05) is 6.42 Å². The monoisotopic (exact) mass is 247 g/mol. The first-order valence-electron chi connectivity index (χ1n) is 7.09. The summed E-state index contributed by atoms with van der Waals surface area (Å²) in [5, 5.41) is 3.27. The topological polar surface area (TPSA) is 28.2 Å². The van der Waals surface area contributed by atoms with Gasteiger partial charge in [-0.2, -0.15) is 0 Å². The number of nitrogens with one attached hydrogen (secondary N) is 1. The summed E-state index contributed by atoms with van der Waals surface area (Å²) in [4.78, 5) is 6.90. The van der Waals surface area contributed by atoms with Gasteiger partial charge in [-0.15, -0.1) is 0 Å². The summed E-state index contributed by atoms with van der Waals surface area (Å²) in [7, 11) is 2.04. The molecule has 2 heterocycles. The molecule has 18 heavy (non-hydrogen) atoms. The molecule has 0 aliphatic carbocycles. The Bertz CT molecular complexity index is 365. The minimum absolute atomic E-state index is 0.741. The summed E-state index contributed by atoms with van der Waals surface area (Å²) < 4.78 is 0. The summed E-state index contributed by atoms with van der Waals surface area (Å²) in [6, 6.07) is 2.85. The van der Waals surface area contributed by atoms with Crippen LogP contribution in [0.4, 0.5) is 0 Å². The van der Waals surface area contributed by atoms with E-state index < -0.39 is 0 Å². The molecule has 1 aromatic heterocycles. The molecule has 1 aromatic rings. The number of pyridine rings is 1. The van der Waals surface area contributed by atoms with Crippen molar-refractivity contribution in [2.24, 2.45) is 0 Å². The molecule has 0 aromatic carbocycles.